The van der Waals surface area contributed by atoms with E-state index >= 15 is 0 Å². The number of ether oxygens (including phenoxy) is 1. The Morgan fingerprint density at radius 2 is 2.31 bits per heavy atom. The molecule has 0 aliphatic heterocycles. The minimum absolute atomic E-state index is 0.109. The summed E-state index contributed by atoms with van der Waals surface area (Å²) in [6.45, 7) is 0. The molecule has 0 aromatic heterocycles. The smallest absolute Gasteiger partial charge is 0.273 e. The van der Waals surface area contributed by atoms with Crippen LogP contribution in [0.15, 0.2) is 18.2 Å². The molecule has 1 aromatic rings. The van der Waals surface area contributed by atoms with Crippen LogP contribution in [0.2, 0.25) is 0 Å². The zero-order valence-corrected chi connectivity index (χ0v) is 8.58. The van der Waals surface area contributed by atoms with E-state index in [0.29, 0.717) is 16.6 Å². The fourth-order valence-corrected chi connectivity index (χ4v) is 1.42. The predicted octanol–water partition coefficient (Wildman–Crippen LogP) is 2.50. The molecule has 0 saturated heterocycles. The highest BCUT2D eigenvalue weighted by Gasteiger charge is 2.12. The Bertz CT molecular complexity index is 327. The van der Waals surface area contributed by atoms with Gasteiger partial charge in [0.1, 0.15) is 5.75 Å². The fourth-order valence-electron chi connectivity index (χ4n) is 0.974. The molecule has 1 rings (SSSR count). The minimum Gasteiger partial charge on any atom is -0.497 e. The molecular formula is C8H8BrNO3. The number of methoxy groups -OCH3 is 1. The van der Waals surface area contributed by atoms with Gasteiger partial charge in [0.05, 0.1) is 12.0 Å². The minimum atomic E-state index is -0.407. The third-order valence-corrected chi connectivity index (χ3v) is 2.23. The molecular weight excluding hydrogens is 238 g/mol. The Morgan fingerprint density at radius 1 is 1.62 bits per heavy atom. The molecule has 0 N–H and O–H groups in total. The quantitative estimate of drug-likeness (QED) is 0.467. The van der Waals surface area contributed by atoms with E-state index in [4.69, 9.17) is 4.74 Å². The van der Waals surface area contributed by atoms with Gasteiger partial charge < -0.3 is 4.74 Å². The molecule has 0 aliphatic carbocycles. The number of rotatable bonds is 3. The van der Waals surface area contributed by atoms with Gasteiger partial charge in [-0.1, -0.05) is 15.9 Å². The fraction of sp³-hybridized carbons (Fsp3) is 0.250. The van der Waals surface area contributed by atoms with Gasteiger partial charge in [0, 0.05) is 17.0 Å². The molecule has 0 saturated carbocycles. The molecule has 0 aliphatic rings. The second-order valence-corrected chi connectivity index (χ2v) is 2.95. The molecule has 0 amide bonds. The number of nitrogens with zero attached hydrogens (tertiary/aromatic N) is 1. The SMILES string of the molecule is COc1ccc([N+](=O)[O-])c(CBr)c1. The Labute approximate surface area is 83.8 Å². The van der Waals surface area contributed by atoms with Gasteiger partial charge in [-0.15, -0.1) is 0 Å². The van der Waals surface area contributed by atoms with Crippen molar-refractivity contribution in [2.24, 2.45) is 0 Å². The van der Waals surface area contributed by atoms with Crippen LogP contribution in [0.1, 0.15) is 5.56 Å². The summed E-state index contributed by atoms with van der Waals surface area (Å²) in [5.41, 5.74) is 0.724. The van der Waals surface area contributed by atoms with Crippen molar-refractivity contribution < 1.29 is 9.66 Å². The van der Waals surface area contributed by atoms with E-state index in [1.165, 1.54) is 13.2 Å². The molecule has 70 valence electrons. The van der Waals surface area contributed by atoms with Crippen LogP contribution in [0.4, 0.5) is 5.69 Å². The first-order valence-corrected chi connectivity index (χ1v) is 4.68. The lowest BCUT2D eigenvalue weighted by Crippen LogP contribution is -1.94. The summed E-state index contributed by atoms with van der Waals surface area (Å²) in [5.74, 6) is 0.625. The van der Waals surface area contributed by atoms with Crippen LogP contribution in [0.25, 0.3) is 0 Å². The van der Waals surface area contributed by atoms with Crippen molar-refractivity contribution in [3.05, 3.63) is 33.9 Å². The molecule has 0 heterocycles. The number of hydrogen-bond acceptors (Lipinski definition) is 3. The van der Waals surface area contributed by atoms with Crippen molar-refractivity contribution in [1.82, 2.24) is 0 Å². The van der Waals surface area contributed by atoms with Crippen molar-refractivity contribution >= 4 is 21.6 Å². The normalized spacial score (nSPS) is 9.69. The first-order valence-electron chi connectivity index (χ1n) is 3.56. The average Bonchev–Trinajstić information content (AvgIpc) is 2.16. The third kappa shape index (κ3) is 2.18. The van der Waals surface area contributed by atoms with Crippen LogP contribution in [-0.4, -0.2) is 12.0 Å². The van der Waals surface area contributed by atoms with E-state index < -0.39 is 4.92 Å². The van der Waals surface area contributed by atoms with E-state index in [1.54, 1.807) is 12.1 Å². The number of halogens is 1. The second kappa shape index (κ2) is 4.23. The summed E-state index contributed by atoms with van der Waals surface area (Å²) in [6, 6.07) is 4.66. The zero-order valence-electron chi connectivity index (χ0n) is 6.99. The van der Waals surface area contributed by atoms with Crippen molar-refractivity contribution in [3.63, 3.8) is 0 Å². The van der Waals surface area contributed by atoms with Crippen LogP contribution in [0, 0.1) is 10.1 Å². The molecule has 5 heteroatoms. The maximum atomic E-state index is 10.5. The third-order valence-electron chi connectivity index (χ3n) is 1.63. The van der Waals surface area contributed by atoms with Gasteiger partial charge in [0.15, 0.2) is 0 Å². The lowest BCUT2D eigenvalue weighted by atomic mass is 10.2. The van der Waals surface area contributed by atoms with Crippen LogP contribution >= 0.6 is 15.9 Å². The van der Waals surface area contributed by atoms with Crippen LogP contribution in [0.3, 0.4) is 0 Å². The van der Waals surface area contributed by atoms with Gasteiger partial charge in [0.2, 0.25) is 0 Å². The molecule has 0 bridgehead atoms. The molecule has 13 heavy (non-hydrogen) atoms. The molecule has 4 nitrogen and oxygen atoms in total. The lowest BCUT2D eigenvalue weighted by Gasteiger charge is -2.02. The van der Waals surface area contributed by atoms with Gasteiger partial charge in [-0.3, -0.25) is 10.1 Å². The Hall–Kier alpha value is -1.10. The van der Waals surface area contributed by atoms with Crippen LogP contribution in [-0.2, 0) is 5.33 Å². The van der Waals surface area contributed by atoms with E-state index in [9.17, 15) is 10.1 Å². The van der Waals surface area contributed by atoms with Crippen molar-refractivity contribution in [2.75, 3.05) is 7.11 Å². The van der Waals surface area contributed by atoms with E-state index in [0.717, 1.165) is 0 Å². The van der Waals surface area contributed by atoms with Gasteiger partial charge >= 0.3 is 0 Å². The first kappa shape index (κ1) is 9.98. The largest absolute Gasteiger partial charge is 0.497 e. The van der Waals surface area contributed by atoms with Gasteiger partial charge in [-0.2, -0.15) is 0 Å². The lowest BCUT2D eigenvalue weighted by molar-refractivity contribution is -0.385. The molecule has 0 fully saturated rings. The molecule has 0 radical (unpaired) electrons. The zero-order chi connectivity index (χ0) is 9.84. The standard InChI is InChI=1S/C8H8BrNO3/c1-13-7-2-3-8(10(11)12)6(4-7)5-9/h2-4H,5H2,1H3. The summed E-state index contributed by atoms with van der Waals surface area (Å²) in [5, 5.41) is 11.0. The number of hydrogen-bond donors (Lipinski definition) is 0. The molecule has 0 unspecified atom stereocenters. The van der Waals surface area contributed by atoms with E-state index in [2.05, 4.69) is 15.9 Å². The topological polar surface area (TPSA) is 52.4 Å². The maximum absolute atomic E-state index is 10.5. The number of benzene rings is 1. The van der Waals surface area contributed by atoms with E-state index in [1.807, 2.05) is 0 Å². The highest BCUT2D eigenvalue weighted by Crippen LogP contribution is 2.25. The molecule has 0 spiro atoms. The Balaban J connectivity index is 3.15. The monoisotopic (exact) mass is 245 g/mol. The predicted molar refractivity (Wildman–Crippen MR) is 52.3 cm³/mol. The average molecular weight is 246 g/mol. The summed E-state index contributed by atoms with van der Waals surface area (Å²) in [7, 11) is 1.53. The van der Waals surface area contributed by atoms with Crippen LogP contribution in [0.5, 0.6) is 5.75 Å². The Kier molecular flexibility index (Phi) is 3.25. The first-order chi connectivity index (χ1) is 6.19. The van der Waals surface area contributed by atoms with E-state index in [-0.39, 0.29) is 5.69 Å². The van der Waals surface area contributed by atoms with Crippen molar-refractivity contribution in [2.45, 2.75) is 5.33 Å². The highest BCUT2D eigenvalue weighted by atomic mass is 79.9. The van der Waals surface area contributed by atoms with Gasteiger partial charge in [-0.25, -0.2) is 0 Å². The van der Waals surface area contributed by atoms with Gasteiger partial charge in [0.25, 0.3) is 5.69 Å². The van der Waals surface area contributed by atoms with Crippen LogP contribution < -0.4 is 4.74 Å². The number of nitro benzene ring substituents is 1. The van der Waals surface area contributed by atoms with Crippen molar-refractivity contribution in [1.29, 1.82) is 0 Å². The molecule has 0 atom stereocenters. The van der Waals surface area contributed by atoms with Gasteiger partial charge in [-0.05, 0) is 12.1 Å². The summed E-state index contributed by atoms with van der Waals surface area (Å²) >= 11 is 3.18. The second-order valence-electron chi connectivity index (χ2n) is 2.39. The summed E-state index contributed by atoms with van der Waals surface area (Å²) in [4.78, 5) is 10.1. The molecule has 1 aromatic carbocycles. The maximum Gasteiger partial charge on any atom is 0.273 e. The highest BCUT2D eigenvalue weighted by molar-refractivity contribution is 9.08. The summed E-state index contributed by atoms with van der Waals surface area (Å²) in [6.07, 6.45) is 0. The van der Waals surface area contributed by atoms with Crippen molar-refractivity contribution in [3.8, 4) is 5.75 Å². The number of nitro groups is 1. The Morgan fingerprint density at radius 3 is 2.77 bits per heavy atom. The summed E-state index contributed by atoms with van der Waals surface area (Å²) < 4.78 is 4.95. The number of alkyl halides is 1.